The SMILES string of the molecule is CO[C@H]1/C=C/O[C@]2(C)COCc3c(c(C)c(O)c4c(=O)c(c5n(C)c6cc(O)ccc6nc-5c34)NC(=O)/C(C)=C\C=C\[C@H](C)[C@H](O)[C@@H](C)[C@@H](O)[C@@H](C)[C@H](OC(C)=O)[C@@H]1C)O2. The van der Waals surface area contributed by atoms with E-state index in [2.05, 4.69) is 5.32 Å². The molecular formula is C45H55N3O12. The predicted molar refractivity (Wildman–Crippen MR) is 225 cm³/mol. The summed E-state index contributed by atoms with van der Waals surface area (Å²) >= 11 is 0. The fraction of sp³-hybridized carbons (Fsp3) is 0.467. The number of carbonyl (C=O) groups is 2. The van der Waals surface area contributed by atoms with E-state index in [0.29, 0.717) is 16.6 Å². The van der Waals surface area contributed by atoms with Gasteiger partial charge in [0, 0.05) is 79.8 Å². The van der Waals surface area contributed by atoms with Crippen molar-refractivity contribution in [3.05, 3.63) is 75.7 Å². The second-order valence-electron chi connectivity index (χ2n) is 16.3. The number of nitrogens with zero attached hydrogens (tertiary/aromatic N) is 2. The summed E-state index contributed by atoms with van der Waals surface area (Å²) in [6.07, 6.45) is 4.19. The Labute approximate surface area is 348 Å². The smallest absolute Gasteiger partial charge is 0.302 e. The monoisotopic (exact) mass is 829 g/mol. The first-order chi connectivity index (χ1) is 28.3. The van der Waals surface area contributed by atoms with Crippen LogP contribution >= 0.6 is 0 Å². The number of amides is 1. The van der Waals surface area contributed by atoms with Crippen molar-refractivity contribution in [1.82, 2.24) is 9.55 Å². The number of rotatable bonds is 2. The standard InChI is InChI=1S/C45H55N3O12/c1-21-12-11-13-22(2)44(55)47-36-37-35(46-30-15-14-28(50)18-31(30)48(37)9)33-29-19-57-20-45(8,60-43(29)26(6)40(53)34(33)41(36)54)58-17-16-32(56-10)23(3)42(59-27(7)49)25(5)39(52)24(4)38(21)51/h11-18,21,23-25,32,38-39,42,50-53H,19-20H2,1-10H3,(H,47,55)/b12-11+,17-16+,22-13-/t21-,23+,24+,25+,32-,38-,39+,42+,45-/m0/s1. The van der Waals surface area contributed by atoms with Crippen LogP contribution in [0.3, 0.4) is 0 Å². The van der Waals surface area contributed by atoms with Gasteiger partial charge in [-0.3, -0.25) is 14.4 Å². The molecule has 1 aliphatic carbocycles. The van der Waals surface area contributed by atoms with Crippen molar-refractivity contribution in [2.45, 2.75) is 92.2 Å². The van der Waals surface area contributed by atoms with Crippen LogP contribution in [0, 0.1) is 30.6 Å². The highest BCUT2D eigenvalue weighted by Crippen LogP contribution is 2.47. The van der Waals surface area contributed by atoms with Crippen LogP contribution in [0.5, 0.6) is 17.2 Å². The first kappa shape index (κ1) is 44.1. The number of ether oxygens (including phenoxy) is 5. The Hall–Kier alpha value is -5.48. The molecule has 5 bridgehead atoms. The van der Waals surface area contributed by atoms with Crippen LogP contribution < -0.4 is 15.5 Å². The zero-order valence-corrected chi connectivity index (χ0v) is 35.6. The molecule has 3 aliphatic heterocycles. The van der Waals surface area contributed by atoms with Crippen LogP contribution in [0.4, 0.5) is 5.69 Å². The van der Waals surface area contributed by atoms with Crippen molar-refractivity contribution < 1.29 is 53.7 Å². The lowest BCUT2D eigenvalue weighted by Crippen LogP contribution is -2.46. The first-order valence-corrected chi connectivity index (χ1v) is 20.0. The maximum absolute atomic E-state index is 14.7. The van der Waals surface area contributed by atoms with Gasteiger partial charge in [-0.25, -0.2) is 4.98 Å². The number of phenolic OH excluding ortho intramolecular Hbond substituents is 2. The summed E-state index contributed by atoms with van der Waals surface area (Å²) in [6, 6.07) is 4.61. The minimum atomic E-state index is -1.48. The number of aliphatic hydroxyl groups excluding tert-OH is 2. The maximum atomic E-state index is 14.7. The van der Waals surface area contributed by atoms with Gasteiger partial charge in [0.1, 0.15) is 35.6 Å². The van der Waals surface area contributed by atoms with Crippen molar-refractivity contribution in [2.75, 3.05) is 19.0 Å². The van der Waals surface area contributed by atoms with Gasteiger partial charge in [-0.1, -0.05) is 45.9 Å². The minimum absolute atomic E-state index is 0.0364. The van der Waals surface area contributed by atoms with Crippen LogP contribution in [-0.2, 0) is 42.2 Å². The molecule has 15 heteroatoms. The molecule has 60 heavy (non-hydrogen) atoms. The number of methoxy groups -OCH3 is 1. The van der Waals surface area contributed by atoms with E-state index >= 15 is 0 Å². The lowest BCUT2D eigenvalue weighted by molar-refractivity contribution is -0.165. The molecule has 6 rings (SSSR count). The number of phenols is 2. The summed E-state index contributed by atoms with van der Waals surface area (Å²) in [7, 11) is 3.18. The molecular weight excluding hydrogens is 775 g/mol. The molecule has 4 aliphatic rings. The van der Waals surface area contributed by atoms with Crippen LogP contribution in [0.15, 0.2) is 59.1 Å². The second-order valence-corrected chi connectivity index (χ2v) is 16.3. The molecule has 5 N–H and O–H groups in total. The fourth-order valence-corrected chi connectivity index (χ4v) is 8.37. The number of carbonyl (C=O) groups excluding carboxylic acids is 2. The van der Waals surface area contributed by atoms with Crippen LogP contribution in [0.25, 0.3) is 33.2 Å². The Bertz CT molecular complexity index is 2440. The van der Waals surface area contributed by atoms with Gasteiger partial charge in [0.25, 0.3) is 11.7 Å². The van der Waals surface area contributed by atoms with Gasteiger partial charge in [-0.2, -0.15) is 0 Å². The van der Waals surface area contributed by atoms with Crippen LogP contribution in [0.2, 0.25) is 0 Å². The topological polar surface area (TPSA) is 208 Å². The van der Waals surface area contributed by atoms with Gasteiger partial charge in [-0.15, -0.1) is 0 Å². The number of hydrogen-bond donors (Lipinski definition) is 5. The number of anilines is 1. The number of aromatic hydroxyl groups is 2. The number of fused-ring (bicyclic) bond motifs is 2. The van der Waals surface area contributed by atoms with Gasteiger partial charge < -0.3 is 54.0 Å². The first-order valence-electron chi connectivity index (χ1n) is 20.0. The third-order valence-corrected chi connectivity index (χ3v) is 12.0. The molecule has 322 valence electrons. The molecule has 0 aromatic heterocycles. The molecule has 0 saturated heterocycles. The summed E-state index contributed by atoms with van der Waals surface area (Å²) < 4.78 is 32.2. The summed E-state index contributed by atoms with van der Waals surface area (Å²) in [5.74, 6) is -5.20. The molecule has 15 nitrogen and oxygen atoms in total. The highest BCUT2D eigenvalue weighted by Gasteiger charge is 2.41. The third-order valence-electron chi connectivity index (χ3n) is 12.0. The van der Waals surface area contributed by atoms with Crippen LogP contribution in [0.1, 0.15) is 59.6 Å². The lowest BCUT2D eigenvalue weighted by atomic mass is 9.78. The molecule has 2 aromatic carbocycles. The van der Waals surface area contributed by atoms with E-state index in [1.807, 2.05) is 6.92 Å². The Kier molecular flexibility index (Phi) is 12.7. The Balaban J connectivity index is 1.58. The van der Waals surface area contributed by atoms with Gasteiger partial charge in [0.05, 0.1) is 59.0 Å². The maximum Gasteiger partial charge on any atom is 0.302 e. The number of aromatic nitrogens is 2. The van der Waals surface area contributed by atoms with Crippen molar-refractivity contribution in [1.29, 1.82) is 0 Å². The second kappa shape index (κ2) is 17.2. The Morgan fingerprint density at radius 1 is 1.02 bits per heavy atom. The molecule has 1 amide bonds. The molecule has 0 saturated carbocycles. The molecule has 2 aromatic rings. The Morgan fingerprint density at radius 3 is 2.42 bits per heavy atom. The number of nitrogens with one attached hydrogen (secondary N) is 1. The molecule has 3 heterocycles. The van der Waals surface area contributed by atoms with Crippen molar-refractivity contribution in [3.8, 4) is 28.6 Å². The van der Waals surface area contributed by atoms with E-state index in [4.69, 9.17) is 28.7 Å². The molecule has 0 unspecified atom stereocenters. The molecule has 0 fully saturated rings. The number of aliphatic hydroxyl groups is 2. The van der Waals surface area contributed by atoms with Crippen molar-refractivity contribution in [2.24, 2.45) is 30.7 Å². The number of esters is 1. The summed E-state index contributed by atoms with van der Waals surface area (Å²) in [5.41, 5.74) is 1.41. The fourth-order valence-electron chi connectivity index (χ4n) is 8.37. The summed E-state index contributed by atoms with van der Waals surface area (Å²) in [4.78, 5) is 45.9. The van der Waals surface area contributed by atoms with E-state index in [1.165, 1.54) is 38.5 Å². The van der Waals surface area contributed by atoms with Gasteiger partial charge >= 0.3 is 5.97 Å². The quantitative estimate of drug-likeness (QED) is 0.0930. The van der Waals surface area contributed by atoms with Crippen LogP contribution in [-0.4, -0.2) is 85.8 Å². The van der Waals surface area contributed by atoms with Gasteiger partial charge in [0.2, 0.25) is 5.43 Å². The average molecular weight is 830 g/mol. The molecule has 0 radical (unpaired) electrons. The zero-order chi connectivity index (χ0) is 44.0. The number of hydrogen-bond acceptors (Lipinski definition) is 13. The van der Waals surface area contributed by atoms with Crippen molar-refractivity contribution in [3.63, 3.8) is 0 Å². The third kappa shape index (κ3) is 8.18. The largest absolute Gasteiger partial charge is 0.508 e. The number of aryl methyl sites for hydroxylation is 1. The minimum Gasteiger partial charge on any atom is -0.508 e. The van der Waals surface area contributed by atoms with E-state index in [0.717, 1.165) is 0 Å². The average Bonchev–Trinajstić information content (AvgIpc) is 3.38. The number of allylic oxidation sites excluding steroid dienone is 2. The van der Waals surface area contributed by atoms with Gasteiger partial charge in [0.15, 0.2) is 0 Å². The van der Waals surface area contributed by atoms with E-state index in [9.17, 15) is 34.8 Å². The van der Waals surface area contributed by atoms with Crippen molar-refractivity contribution >= 4 is 39.4 Å². The normalized spacial score (nSPS) is 30.2. The molecule has 9 atom stereocenters. The predicted octanol–water partition coefficient (Wildman–Crippen LogP) is 5.73. The highest BCUT2D eigenvalue weighted by molar-refractivity contribution is 6.12. The lowest BCUT2D eigenvalue weighted by Gasteiger charge is -2.38. The summed E-state index contributed by atoms with van der Waals surface area (Å²) in [5, 5.41) is 48.2. The molecule has 0 spiro atoms. The summed E-state index contributed by atoms with van der Waals surface area (Å²) in [6.45, 7) is 13.0. The highest BCUT2D eigenvalue weighted by atomic mass is 16.7. The Morgan fingerprint density at radius 2 is 1.73 bits per heavy atom. The van der Waals surface area contributed by atoms with E-state index in [1.54, 1.807) is 77.5 Å². The zero-order valence-electron chi connectivity index (χ0n) is 35.6. The van der Waals surface area contributed by atoms with E-state index in [-0.39, 0.29) is 69.4 Å². The van der Waals surface area contributed by atoms with Gasteiger partial charge in [-0.05, 0) is 32.1 Å². The number of benzene rings is 3. The van der Waals surface area contributed by atoms with E-state index < -0.39 is 71.2 Å².